The molecule has 0 fully saturated rings. The lowest BCUT2D eigenvalue weighted by Gasteiger charge is -2.14. The fourth-order valence-electron chi connectivity index (χ4n) is 2.06. The Morgan fingerprint density at radius 1 is 1.41 bits per heavy atom. The number of benzene rings is 1. The predicted molar refractivity (Wildman–Crippen MR) is 88.3 cm³/mol. The largest absolute Gasteiger partial charge is 0.493 e. The van der Waals surface area contributed by atoms with Crippen LogP contribution in [0.2, 0.25) is 0 Å². The number of anilines is 1. The molecule has 0 bridgehead atoms. The van der Waals surface area contributed by atoms with Gasteiger partial charge in [0.15, 0.2) is 16.6 Å². The van der Waals surface area contributed by atoms with Crippen molar-refractivity contribution < 1.29 is 14.3 Å². The van der Waals surface area contributed by atoms with E-state index in [1.165, 1.54) is 11.3 Å². The SMILES string of the molecule is C=CCc1cc(C(=O)Nc2ncc(C)s2)cc(OC)c1OC. The number of carbonyl (C=O) groups is 1. The van der Waals surface area contributed by atoms with Gasteiger partial charge in [-0.2, -0.15) is 0 Å². The van der Waals surface area contributed by atoms with Gasteiger partial charge >= 0.3 is 0 Å². The number of carbonyl (C=O) groups excluding carboxylic acids is 1. The molecule has 22 heavy (non-hydrogen) atoms. The van der Waals surface area contributed by atoms with E-state index in [1.54, 1.807) is 38.6 Å². The Labute approximate surface area is 133 Å². The summed E-state index contributed by atoms with van der Waals surface area (Å²) in [4.78, 5) is 17.5. The summed E-state index contributed by atoms with van der Waals surface area (Å²) in [6, 6.07) is 3.43. The first-order valence-corrected chi connectivity index (χ1v) is 7.50. The number of nitrogens with zero attached hydrogens (tertiary/aromatic N) is 1. The number of thiazole rings is 1. The molecule has 1 heterocycles. The average molecular weight is 318 g/mol. The Morgan fingerprint density at radius 3 is 2.73 bits per heavy atom. The van der Waals surface area contributed by atoms with Gasteiger partial charge in [-0.1, -0.05) is 6.08 Å². The molecule has 0 saturated carbocycles. The predicted octanol–water partition coefficient (Wildman–Crippen LogP) is 3.45. The molecule has 0 saturated heterocycles. The van der Waals surface area contributed by atoms with Gasteiger partial charge in [0.25, 0.3) is 5.91 Å². The molecule has 6 heteroatoms. The van der Waals surface area contributed by atoms with Crippen molar-refractivity contribution in [1.82, 2.24) is 4.98 Å². The maximum absolute atomic E-state index is 12.4. The minimum atomic E-state index is -0.236. The number of methoxy groups -OCH3 is 2. The lowest BCUT2D eigenvalue weighted by Crippen LogP contribution is -2.12. The van der Waals surface area contributed by atoms with Crippen molar-refractivity contribution in [2.75, 3.05) is 19.5 Å². The molecule has 0 atom stereocenters. The molecule has 0 radical (unpaired) electrons. The van der Waals surface area contributed by atoms with Gasteiger partial charge in [0.05, 0.1) is 14.2 Å². The number of allylic oxidation sites excluding steroid dienone is 1. The summed E-state index contributed by atoms with van der Waals surface area (Å²) < 4.78 is 10.7. The Kier molecular flexibility index (Phi) is 5.16. The highest BCUT2D eigenvalue weighted by Gasteiger charge is 2.16. The van der Waals surface area contributed by atoms with E-state index in [-0.39, 0.29) is 5.91 Å². The van der Waals surface area contributed by atoms with Crippen LogP contribution in [0.1, 0.15) is 20.8 Å². The molecule has 0 spiro atoms. The summed E-state index contributed by atoms with van der Waals surface area (Å²) in [5, 5.41) is 3.36. The molecule has 0 aliphatic heterocycles. The van der Waals surface area contributed by atoms with E-state index in [0.29, 0.717) is 28.6 Å². The second kappa shape index (κ2) is 7.09. The van der Waals surface area contributed by atoms with Gasteiger partial charge in [0.1, 0.15) is 0 Å². The molecular formula is C16H18N2O3S. The monoisotopic (exact) mass is 318 g/mol. The quantitative estimate of drug-likeness (QED) is 0.829. The smallest absolute Gasteiger partial charge is 0.257 e. The Hall–Kier alpha value is -2.34. The van der Waals surface area contributed by atoms with Crippen LogP contribution in [0.3, 0.4) is 0 Å². The maximum Gasteiger partial charge on any atom is 0.257 e. The standard InChI is InChI=1S/C16H18N2O3S/c1-5-6-11-7-12(8-13(20-3)14(11)21-4)15(19)18-16-17-9-10(2)22-16/h5,7-9H,1,6H2,2-4H3,(H,17,18,19). The highest BCUT2D eigenvalue weighted by Crippen LogP contribution is 2.33. The number of aryl methyl sites for hydroxylation is 1. The molecular weight excluding hydrogens is 300 g/mol. The third kappa shape index (κ3) is 3.46. The number of aromatic nitrogens is 1. The van der Waals surface area contributed by atoms with Crippen LogP contribution in [0.15, 0.2) is 31.0 Å². The zero-order valence-corrected chi connectivity index (χ0v) is 13.6. The molecule has 116 valence electrons. The summed E-state index contributed by atoms with van der Waals surface area (Å²) in [5.74, 6) is 0.895. The van der Waals surface area contributed by atoms with Crippen LogP contribution >= 0.6 is 11.3 Å². The number of nitrogens with one attached hydrogen (secondary N) is 1. The average Bonchev–Trinajstić information content (AvgIpc) is 2.91. The third-order valence-corrected chi connectivity index (χ3v) is 3.85. The van der Waals surface area contributed by atoms with Gasteiger partial charge in [0, 0.05) is 22.2 Å². The van der Waals surface area contributed by atoms with E-state index in [9.17, 15) is 4.79 Å². The van der Waals surface area contributed by atoms with Crippen LogP contribution in [0.25, 0.3) is 0 Å². The number of hydrogen-bond donors (Lipinski definition) is 1. The van der Waals surface area contributed by atoms with Crippen molar-refractivity contribution in [3.05, 3.63) is 47.0 Å². The second-order valence-corrected chi connectivity index (χ2v) is 5.83. The molecule has 0 aliphatic rings. The fraction of sp³-hybridized carbons (Fsp3) is 0.250. The van der Waals surface area contributed by atoms with E-state index >= 15 is 0 Å². The number of ether oxygens (including phenoxy) is 2. The molecule has 1 aromatic carbocycles. The zero-order valence-electron chi connectivity index (χ0n) is 12.8. The van der Waals surface area contributed by atoms with Crippen LogP contribution in [0.4, 0.5) is 5.13 Å². The van der Waals surface area contributed by atoms with Crippen molar-refractivity contribution >= 4 is 22.4 Å². The Balaban J connectivity index is 2.35. The first kappa shape index (κ1) is 16.0. The summed E-state index contributed by atoms with van der Waals surface area (Å²) in [6.07, 6.45) is 4.05. The van der Waals surface area contributed by atoms with Gasteiger partial charge < -0.3 is 9.47 Å². The van der Waals surface area contributed by atoms with E-state index in [2.05, 4.69) is 16.9 Å². The molecule has 1 aromatic heterocycles. The summed E-state index contributed by atoms with van der Waals surface area (Å²) in [6.45, 7) is 5.66. The van der Waals surface area contributed by atoms with Crippen LogP contribution in [-0.4, -0.2) is 25.1 Å². The molecule has 0 unspecified atom stereocenters. The minimum absolute atomic E-state index is 0.236. The van der Waals surface area contributed by atoms with Crippen LogP contribution < -0.4 is 14.8 Å². The first-order valence-electron chi connectivity index (χ1n) is 6.68. The highest BCUT2D eigenvalue weighted by atomic mass is 32.1. The van der Waals surface area contributed by atoms with Crippen molar-refractivity contribution in [2.24, 2.45) is 0 Å². The summed E-state index contributed by atoms with van der Waals surface area (Å²) >= 11 is 1.43. The van der Waals surface area contributed by atoms with Crippen LogP contribution in [0.5, 0.6) is 11.5 Å². The van der Waals surface area contributed by atoms with E-state index in [4.69, 9.17) is 9.47 Å². The molecule has 2 rings (SSSR count). The molecule has 2 aromatic rings. The summed E-state index contributed by atoms with van der Waals surface area (Å²) in [7, 11) is 3.12. The normalized spacial score (nSPS) is 10.1. The Bertz CT molecular complexity index is 695. The van der Waals surface area contributed by atoms with E-state index < -0.39 is 0 Å². The molecule has 5 nitrogen and oxygen atoms in total. The van der Waals surface area contributed by atoms with E-state index in [1.807, 2.05) is 6.92 Å². The molecule has 1 amide bonds. The summed E-state index contributed by atoms with van der Waals surface area (Å²) in [5.41, 5.74) is 1.33. The maximum atomic E-state index is 12.4. The third-order valence-electron chi connectivity index (χ3n) is 3.02. The van der Waals surface area contributed by atoms with Gasteiger partial charge in [-0.05, 0) is 25.5 Å². The van der Waals surface area contributed by atoms with Gasteiger partial charge in [-0.25, -0.2) is 4.98 Å². The molecule has 1 N–H and O–H groups in total. The highest BCUT2D eigenvalue weighted by molar-refractivity contribution is 7.15. The van der Waals surface area contributed by atoms with Gasteiger partial charge in [-0.15, -0.1) is 17.9 Å². The van der Waals surface area contributed by atoms with Gasteiger partial charge in [-0.3, -0.25) is 10.1 Å². The number of hydrogen-bond acceptors (Lipinski definition) is 5. The van der Waals surface area contributed by atoms with E-state index in [0.717, 1.165) is 10.4 Å². The second-order valence-electron chi connectivity index (χ2n) is 4.59. The van der Waals surface area contributed by atoms with Crippen molar-refractivity contribution in [2.45, 2.75) is 13.3 Å². The lowest BCUT2D eigenvalue weighted by molar-refractivity contribution is 0.102. The van der Waals surface area contributed by atoms with Crippen molar-refractivity contribution in [3.8, 4) is 11.5 Å². The van der Waals surface area contributed by atoms with Crippen molar-refractivity contribution in [1.29, 1.82) is 0 Å². The lowest BCUT2D eigenvalue weighted by atomic mass is 10.1. The number of rotatable bonds is 6. The van der Waals surface area contributed by atoms with Gasteiger partial charge in [0.2, 0.25) is 0 Å². The number of amides is 1. The minimum Gasteiger partial charge on any atom is -0.493 e. The first-order chi connectivity index (χ1) is 10.6. The van der Waals surface area contributed by atoms with Crippen molar-refractivity contribution in [3.63, 3.8) is 0 Å². The topological polar surface area (TPSA) is 60.5 Å². The van der Waals surface area contributed by atoms with Crippen LogP contribution in [-0.2, 0) is 6.42 Å². The zero-order chi connectivity index (χ0) is 16.1. The molecule has 0 aliphatic carbocycles. The van der Waals surface area contributed by atoms with Crippen LogP contribution in [0, 0.1) is 6.92 Å². The Morgan fingerprint density at radius 2 is 2.18 bits per heavy atom. The fourth-order valence-corrected chi connectivity index (χ4v) is 2.72.